The lowest BCUT2D eigenvalue weighted by atomic mass is 10.2. The molecule has 21 heavy (non-hydrogen) atoms. The van der Waals surface area contributed by atoms with Crippen LogP contribution < -0.4 is 5.73 Å². The van der Waals surface area contributed by atoms with Gasteiger partial charge in [0.15, 0.2) is 0 Å². The average molecular weight is 302 g/mol. The molecule has 0 saturated heterocycles. The van der Waals surface area contributed by atoms with Crippen LogP contribution in [0.4, 0.5) is 5.69 Å². The van der Waals surface area contributed by atoms with E-state index < -0.39 is 5.97 Å². The van der Waals surface area contributed by atoms with Crippen molar-refractivity contribution in [1.82, 2.24) is 14.8 Å². The van der Waals surface area contributed by atoms with Crippen LogP contribution in [-0.4, -0.2) is 27.3 Å². The molecule has 0 unspecified atom stereocenters. The fraction of sp³-hybridized carbons (Fsp3) is 0.214. The maximum absolute atomic E-state index is 11.7. The third-order valence-electron chi connectivity index (χ3n) is 2.98. The van der Waals surface area contributed by atoms with Gasteiger partial charge >= 0.3 is 5.97 Å². The predicted molar refractivity (Wildman–Crippen MR) is 81.8 cm³/mol. The van der Waals surface area contributed by atoms with Gasteiger partial charge in [0, 0.05) is 6.20 Å². The summed E-state index contributed by atoms with van der Waals surface area (Å²) in [5.74, 6) is -0.395. The van der Waals surface area contributed by atoms with Gasteiger partial charge in [0.2, 0.25) is 0 Å². The quantitative estimate of drug-likeness (QED) is 0.594. The highest BCUT2D eigenvalue weighted by Crippen LogP contribution is 2.28. The fourth-order valence-electron chi connectivity index (χ4n) is 2.07. The minimum Gasteiger partial charge on any atom is -0.462 e. The first kappa shape index (κ1) is 13.6. The van der Waals surface area contributed by atoms with Crippen molar-refractivity contribution in [2.24, 2.45) is 0 Å². The number of aryl methyl sites for hydroxylation is 1. The number of ether oxygens (including phenoxy) is 1. The van der Waals surface area contributed by atoms with Gasteiger partial charge in [0.1, 0.15) is 0 Å². The molecule has 2 N–H and O–H groups in total. The van der Waals surface area contributed by atoms with E-state index in [0.717, 1.165) is 15.2 Å². The molecule has 0 radical (unpaired) electrons. The number of hydrogen-bond acceptors (Lipinski definition) is 6. The molecule has 0 aliphatic carbocycles. The summed E-state index contributed by atoms with van der Waals surface area (Å²) in [6, 6.07) is 3.75. The highest BCUT2D eigenvalue weighted by molar-refractivity contribution is 7.18. The van der Waals surface area contributed by atoms with Crippen LogP contribution in [0.5, 0.6) is 0 Å². The summed E-state index contributed by atoms with van der Waals surface area (Å²) < 4.78 is 7.55. The van der Waals surface area contributed by atoms with Gasteiger partial charge < -0.3 is 10.5 Å². The normalized spacial score (nSPS) is 11.0. The van der Waals surface area contributed by atoms with Crippen molar-refractivity contribution in [3.63, 3.8) is 0 Å². The Hall–Kier alpha value is -2.41. The van der Waals surface area contributed by atoms with Crippen LogP contribution >= 0.6 is 11.3 Å². The average Bonchev–Trinajstić information content (AvgIpc) is 3.03. The Bertz CT molecular complexity index is 822. The lowest BCUT2D eigenvalue weighted by molar-refractivity contribution is 0.0526. The van der Waals surface area contributed by atoms with E-state index >= 15 is 0 Å². The summed E-state index contributed by atoms with van der Waals surface area (Å²) in [6.07, 6.45) is 3.07. The third kappa shape index (κ3) is 2.47. The molecule has 1 aromatic carbocycles. The highest BCUT2D eigenvalue weighted by atomic mass is 32.1. The Morgan fingerprint density at radius 2 is 2.29 bits per heavy atom. The fourth-order valence-corrected chi connectivity index (χ4v) is 2.92. The number of fused-ring (bicyclic) bond motifs is 1. The van der Waals surface area contributed by atoms with Crippen molar-refractivity contribution in [2.45, 2.75) is 13.8 Å². The van der Waals surface area contributed by atoms with Crippen LogP contribution in [0.3, 0.4) is 0 Å². The van der Waals surface area contributed by atoms with Crippen molar-refractivity contribution < 1.29 is 9.53 Å². The molecule has 3 rings (SSSR count). The van der Waals surface area contributed by atoms with E-state index in [1.807, 2.05) is 19.1 Å². The second kappa shape index (κ2) is 5.17. The van der Waals surface area contributed by atoms with Gasteiger partial charge in [-0.15, -0.1) is 11.3 Å². The SMILES string of the molecule is CCOC(=O)c1cnn(-c2cc3nc(C)sc3cc2N)c1. The molecule has 2 aromatic heterocycles. The number of esters is 1. The number of nitrogens with two attached hydrogens (primary N) is 1. The molecule has 0 aliphatic heterocycles. The summed E-state index contributed by atoms with van der Waals surface area (Å²) >= 11 is 1.59. The van der Waals surface area contributed by atoms with Crippen molar-refractivity contribution in [1.29, 1.82) is 0 Å². The van der Waals surface area contributed by atoms with E-state index in [9.17, 15) is 4.79 Å². The summed E-state index contributed by atoms with van der Waals surface area (Å²) in [5.41, 5.74) is 8.62. The zero-order chi connectivity index (χ0) is 15.0. The smallest absolute Gasteiger partial charge is 0.341 e. The topological polar surface area (TPSA) is 83.0 Å². The number of nitrogen functional groups attached to an aromatic ring is 1. The molecule has 108 valence electrons. The van der Waals surface area contributed by atoms with Crippen molar-refractivity contribution in [3.8, 4) is 5.69 Å². The summed E-state index contributed by atoms with van der Waals surface area (Å²) in [4.78, 5) is 16.1. The zero-order valence-corrected chi connectivity index (χ0v) is 12.5. The van der Waals surface area contributed by atoms with Gasteiger partial charge in [0.25, 0.3) is 0 Å². The minimum atomic E-state index is -0.395. The molecule has 0 spiro atoms. The first-order valence-electron chi connectivity index (χ1n) is 6.47. The van der Waals surface area contributed by atoms with Gasteiger partial charge in [-0.25, -0.2) is 14.5 Å². The van der Waals surface area contributed by atoms with Crippen molar-refractivity contribution in [3.05, 3.63) is 35.1 Å². The largest absolute Gasteiger partial charge is 0.462 e. The number of nitrogens with zero attached hydrogens (tertiary/aromatic N) is 3. The van der Waals surface area contributed by atoms with Crippen molar-refractivity contribution >= 4 is 33.2 Å². The molecule has 0 amide bonds. The first-order valence-corrected chi connectivity index (χ1v) is 7.29. The maximum atomic E-state index is 11.7. The molecule has 3 aromatic rings. The third-order valence-corrected chi connectivity index (χ3v) is 3.92. The molecule has 0 atom stereocenters. The van der Waals surface area contributed by atoms with Crippen LogP contribution in [0.25, 0.3) is 15.9 Å². The van der Waals surface area contributed by atoms with Crippen LogP contribution in [0.15, 0.2) is 24.5 Å². The Morgan fingerprint density at radius 1 is 1.48 bits per heavy atom. The van der Waals surface area contributed by atoms with Crippen LogP contribution in [-0.2, 0) is 4.74 Å². The van der Waals surface area contributed by atoms with Gasteiger partial charge in [0.05, 0.1) is 45.0 Å². The number of rotatable bonds is 3. The maximum Gasteiger partial charge on any atom is 0.341 e. The molecular weight excluding hydrogens is 288 g/mol. The molecule has 0 saturated carbocycles. The molecule has 0 bridgehead atoms. The monoisotopic (exact) mass is 302 g/mol. The lowest BCUT2D eigenvalue weighted by Crippen LogP contribution is -2.03. The second-order valence-corrected chi connectivity index (χ2v) is 5.74. The number of anilines is 1. The van der Waals surface area contributed by atoms with E-state index in [1.165, 1.54) is 6.20 Å². The Kier molecular flexibility index (Phi) is 3.34. The minimum absolute atomic E-state index is 0.330. The van der Waals surface area contributed by atoms with Gasteiger partial charge in [-0.1, -0.05) is 0 Å². The molecule has 2 heterocycles. The number of hydrogen-bond donors (Lipinski definition) is 1. The van der Waals surface area contributed by atoms with E-state index in [1.54, 1.807) is 29.1 Å². The zero-order valence-electron chi connectivity index (χ0n) is 11.7. The summed E-state index contributed by atoms with van der Waals surface area (Å²) in [7, 11) is 0. The van der Waals surface area contributed by atoms with E-state index in [0.29, 0.717) is 23.5 Å². The number of carbonyl (C=O) groups is 1. The Labute approximate surface area is 125 Å². The highest BCUT2D eigenvalue weighted by Gasteiger charge is 2.13. The van der Waals surface area contributed by atoms with Crippen LogP contribution in [0, 0.1) is 6.92 Å². The van der Waals surface area contributed by atoms with E-state index in [-0.39, 0.29) is 0 Å². The molecule has 6 nitrogen and oxygen atoms in total. The molecule has 0 fully saturated rings. The second-order valence-electron chi connectivity index (χ2n) is 4.51. The predicted octanol–water partition coefficient (Wildman–Crippen LogP) is 2.55. The standard InChI is InChI=1S/C14H14N4O2S/c1-3-20-14(19)9-6-16-18(7-9)12-5-11-13(4-10(12)15)21-8(2)17-11/h4-7H,3,15H2,1-2H3. The lowest BCUT2D eigenvalue weighted by Gasteiger charge is -2.05. The number of carbonyl (C=O) groups excluding carboxylic acids is 1. The number of thiazole rings is 1. The molecule has 7 heteroatoms. The summed E-state index contributed by atoms with van der Waals surface area (Å²) in [5, 5.41) is 5.16. The van der Waals surface area contributed by atoms with Crippen molar-refractivity contribution in [2.75, 3.05) is 12.3 Å². The van der Waals surface area contributed by atoms with Crippen LogP contribution in [0.1, 0.15) is 22.3 Å². The number of aromatic nitrogens is 3. The van der Waals surface area contributed by atoms with E-state index in [2.05, 4.69) is 10.1 Å². The van der Waals surface area contributed by atoms with Gasteiger partial charge in [-0.2, -0.15) is 5.10 Å². The number of benzene rings is 1. The molecular formula is C14H14N4O2S. The van der Waals surface area contributed by atoms with Crippen LogP contribution in [0.2, 0.25) is 0 Å². The van der Waals surface area contributed by atoms with E-state index in [4.69, 9.17) is 10.5 Å². The summed E-state index contributed by atoms with van der Waals surface area (Å²) in [6.45, 7) is 4.04. The Balaban J connectivity index is 2.03. The Morgan fingerprint density at radius 3 is 3.05 bits per heavy atom. The van der Waals surface area contributed by atoms with Gasteiger partial charge in [-0.3, -0.25) is 0 Å². The molecule has 0 aliphatic rings. The first-order chi connectivity index (χ1) is 10.1. The van der Waals surface area contributed by atoms with Gasteiger partial charge in [-0.05, 0) is 26.0 Å².